The van der Waals surface area contributed by atoms with Crippen LogP contribution in [0, 0.1) is 5.82 Å². The van der Waals surface area contributed by atoms with Crippen molar-refractivity contribution in [2.75, 3.05) is 6.61 Å². The van der Waals surface area contributed by atoms with Crippen LogP contribution >= 0.6 is 0 Å². The first-order chi connectivity index (χ1) is 6.76. The minimum Gasteiger partial charge on any atom is -0.493 e. The molecule has 0 amide bonds. The highest BCUT2D eigenvalue weighted by atomic mass is 19.1. The lowest BCUT2D eigenvalue weighted by Gasteiger charge is -2.06. The Balaban J connectivity index is 2.77. The number of halogens is 1. The minimum absolute atomic E-state index is 0.254. The average molecular weight is 194 g/mol. The third-order valence-corrected chi connectivity index (χ3v) is 1.78. The van der Waals surface area contributed by atoms with Crippen LogP contribution in [0.1, 0.15) is 18.9 Å². The second kappa shape index (κ2) is 5.43. The second-order valence-corrected chi connectivity index (χ2v) is 3.14. The molecule has 0 aliphatic carbocycles. The molecule has 14 heavy (non-hydrogen) atoms. The summed E-state index contributed by atoms with van der Waals surface area (Å²) in [6.07, 6.45) is 3.34. The zero-order valence-electron chi connectivity index (χ0n) is 8.42. The van der Waals surface area contributed by atoms with Crippen LogP contribution in [0.5, 0.6) is 5.75 Å². The summed E-state index contributed by atoms with van der Waals surface area (Å²) in [5.74, 6) is 0.346. The van der Waals surface area contributed by atoms with E-state index in [0.29, 0.717) is 18.8 Å². The van der Waals surface area contributed by atoms with Crippen molar-refractivity contribution in [1.29, 1.82) is 0 Å². The first-order valence-electron chi connectivity index (χ1n) is 4.79. The third kappa shape index (κ3) is 3.21. The molecule has 0 aromatic heterocycles. The zero-order chi connectivity index (χ0) is 10.4. The van der Waals surface area contributed by atoms with Crippen LogP contribution in [0.15, 0.2) is 30.9 Å². The van der Waals surface area contributed by atoms with Gasteiger partial charge in [-0.25, -0.2) is 4.39 Å². The Bertz CT molecular complexity index is 307. The Morgan fingerprint density at radius 2 is 2.21 bits per heavy atom. The first kappa shape index (κ1) is 10.8. The van der Waals surface area contributed by atoms with Gasteiger partial charge >= 0.3 is 0 Å². The van der Waals surface area contributed by atoms with E-state index >= 15 is 0 Å². The van der Waals surface area contributed by atoms with Crippen LogP contribution < -0.4 is 4.74 Å². The smallest absolute Gasteiger partial charge is 0.127 e. The first-order valence-corrected chi connectivity index (χ1v) is 4.79. The molecule has 0 bridgehead atoms. The Labute approximate surface area is 84.2 Å². The molecule has 2 heteroatoms. The average Bonchev–Trinajstić information content (AvgIpc) is 2.14. The summed E-state index contributed by atoms with van der Waals surface area (Å²) >= 11 is 0. The molecule has 1 nitrogen and oxygen atoms in total. The second-order valence-electron chi connectivity index (χ2n) is 3.14. The topological polar surface area (TPSA) is 9.23 Å². The molecular formula is C12H15FO. The van der Waals surface area contributed by atoms with Gasteiger partial charge in [-0.15, -0.1) is 6.58 Å². The Hall–Kier alpha value is -1.31. The van der Waals surface area contributed by atoms with E-state index in [9.17, 15) is 4.39 Å². The fourth-order valence-electron chi connectivity index (χ4n) is 1.21. The van der Waals surface area contributed by atoms with E-state index in [4.69, 9.17) is 4.74 Å². The van der Waals surface area contributed by atoms with Gasteiger partial charge in [0.2, 0.25) is 0 Å². The van der Waals surface area contributed by atoms with Gasteiger partial charge in [0, 0.05) is 6.07 Å². The monoisotopic (exact) mass is 194 g/mol. The summed E-state index contributed by atoms with van der Waals surface area (Å²) in [4.78, 5) is 0. The summed E-state index contributed by atoms with van der Waals surface area (Å²) < 4.78 is 18.4. The van der Waals surface area contributed by atoms with E-state index < -0.39 is 0 Å². The Kier molecular flexibility index (Phi) is 4.17. The summed E-state index contributed by atoms with van der Waals surface area (Å²) in [6.45, 7) is 6.25. The number of hydrogen-bond donors (Lipinski definition) is 0. The molecule has 0 radical (unpaired) electrons. The number of allylic oxidation sites excluding steroid dienone is 1. The standard InChI is InChI=1S/C12H15FO/c1-3-5-10-7-11(13)9-12(8-10)14-6-4-2/h3,7-9H,1,4-6H2,2H3. The van der Waals surface area contributed by atoms with Crippen LogP contribution in [0.25, 0.3) is 0 Å². The molecule has 1 aromatic rings. The highest BCUT2D eigenvalue weighted by Crippen LogP contribution is 2.17. The normalized spacial score (nSPS) is 9.86. The molecule has 1 aromatic carbocycles. The Morgan fingerprint density at radius 3 is 2.86 bits per heavy atom. The molecule has 0 heterocycles. The van der Waals surface area contributed by atoms with Crippen molar-refractivity contribution in [3.05, 3.63) is 42.2 Å². The van der Waals surface area contributed by atoms with Gasteiger partial charge in [0.15, 0.2) is 0 Å². The van der Waals surface area contributed by atoms with Crippen molar-refractivity contribution in [3.63, 3.8) is 0 Å². The fourth-order valence-corrected chi connectivity index (χ4v) is 1.21. The third-order valence-electron chi connectivity index (χ3n) is 1.78. The van der Waals surface area contributed by atoms with Gasteiger partial charge in [0.1, 0.15) is 11.6 Å². The molecule has 0 N–H and O–H groups in total. The lowest BCUT2D eigenvalue weighted by molar-refractivity contribution is 0.315. The van der Waals surface area contributed by atoms with Crippen molar-refractivity contribution >= 4 is 0 Å². The molecule has 0 saturated carbocycles. The largest absolute Gasteiger partial charge is 0.493 e. The van der Waals surface area contributed by atoms with Crippen molar-refractivity contribution in [1.82, 2.24) is 0 Å². The van der Waals surface area contributed by atoms with Crippen molar-refractivity contribution in [2.45, 2.75) is 19.8 Å². The van der Waals surface area contributed by atoms with E-state index in [1.54, 1.807) is 6.08 Å². The molecule has 0 atom stereocenters. The molecule has 0 unspecified atom stereocenters. The van der Waals surface area contributed by atoms with Crippen molar-refractivity contribution in [2.24, 2.45) is 0 Å². The van der Waals surface area contributed by atoms with Gasteiger partial charge in [0.25, 0.3) is 0 Å². The maximum atomic E-state index is 13.1. The van der Waals surface area contributed by atoms with Gasteiger partial charge in [-0.2, -0.15) is 0 Å². The summed E-state index contributed by atoms with van der Waals surface area (Å²) in [6, 6.07) is 4.75. The SMILES string of the molecule is C=CCc1cc(F)cc(OCCC)c1. The van der Waals surface area contributed by atoms with Gasteiger partial charge in [-0.05, 0) is 30.5 Å². The maximum Gasteiger partial charge on any atom is 0.127 e. The van der Waals surface area contributed by atoms with Crippen LogP contribution in [-0.2, 0) is 6.42 Å². The zero-order valence-corrected chi connectivity index (χ0v) is 8.42. The molecular weight excluding hydrogens is 179 g/mol. The summed E-state index contributed by atoms with van der Waals surface area (Å²) in [5.41, 5.74) is 0.895. The molecule has 0 spiro atoms. The number of benzene rings is 1. The van der Waals surface area contributed by atoms with Crippen LogP contribution in [0.2, 0.25) is 0 Å². The quantitative estimate of drug-likeness (QED) is 0.653. The van der Waals surface area contributed by atoms with Crippen LogP contribution in [-0.4, -0.2) is 6.61 Å². The number of hydrogen-bond acceptors (Lipinski definition) is 1. The molecule has 0 aliphatic heterocycles. The van der Waals surface area contributed by atoms with E-state index in [1.807, 2.05) is 13.0 Å². The lowest BCUT2D eigenvalue weighted by Crippen LogP contribution is -1.96. The lowest BCUT2D eigenvalue weighted by atomic mass is 10.1. The highest BCUT2D eigenvalue weighted by molar-refractivity contribution is 5.30. The predicted octanol–water partition coefficient (Wildman–Crippen LogP) is 3.34. The molecule has 0 fully saturated rings. The Morgan fingerprint density at radius 1 is 1.43 bits per heavy atom. The molecule has 0 aliphatic rings. The van der Waals surface area contributed by atoms with Gasteiger partial charge in [-0.3, -0.25) is 0 Å². The fraction of sp³-hybridized carbons (Fsp3) is 0.333. The predicted molar refractivity (Wildman–Crippen MR) is 56.1 cm³/mol. The maximum absolute atomic E-state index is 13.1. The minimum atomic E-state index is -0.254. The molecule has 0 saturated heterocycles. The number of ether oxygens (including phenoxy) is 1. The summed E-state index contributed by atoms with van der Waals surface area (Å²) in [5, 5.41) is 0. The van der Waals surface area contributed by atoms with Gasteiger partial charge in [0.05, 0.1) is 6.61 Å². The summed E-state index contributed by atoms with van der Waals surface area (Å²) in [7, 11) is 0. The number of rotatable bonds is 5. The molecule has 1 rings (SSSR count). The van der Waals surface area contributed by atoms with Crippen molar-refractivity contribution < 1.29 is 9.13 Å². The van der Waals surface area contributed by atoms with Gasteiger partial charge < -0.3 is 4.74 Å². The van der Waals surface area contributed by atoms with E-state index in [0.717, 1.165) is 12.0 Å². The van der Waals surface area contributed by atoms with Crippen LogP contribution in [0.3, 0.4) is 0 Å². The van der Waals surface area contributed by atoms with Crippen molar-refractivity contribution in [3.8, 4) is 5.75 Å². The highest BCUT2D eigenvalue weighted by Gasteiger charge is 2.00. The van der Waals surface area contributed by atoms with Crippen LogP contribution in [0.4, 0.5) is 4.39 Å². The van der Waals surface area contributed by atoms with E-state index in [1.165, 1.54) is 12.1 Å². The van der Waals surface area contributed by atoms with E-state index in [2.05, 4.69) is 6.58 Å². The van der Waals surface area contributed by atoms with Gasteiger partial charge in [-0.1, -0.05) is 13.0 Å². The molecule has 76 valence electrons. The van der Waals surface area contributed by atoms with E-state index in [-0.39, 0.29) is 5.82 Å².